The van der Waals surface area contributed by atoms with Gasteiger partial charge in [0.05, 0.1) is 41.6 Å². The number of allylic oxidation sites excluding steroid dienone is 2. The number of carbonyl (C=O) groups excluding carboxylic acids is 6. The number of carbonyl (C=O) groups is 6. The fourth-order valence-electron chi connectivity index (χ4n) is 13.4. The van der Waals surface area contributed by atoms with Crippen molar-refractivity contribution in [3.63, 3.8) is 0 Å². The Hall–Kier alpha value is -10.4. The molecule has 9 amide bonds. The summed E-state index contributed by atoms with van der Waals surface area (Å²) >= 11 is 0. The van der Waals surface area contributed by atoms with Gasteiger partial charge in [-0.25, -0.2) is 14.4 Å². The summed E-state index contributed by atoms with van der Waals surface area (Å²) in [6, 6.07) is 24.7. The van der Waals surface area contributed by atoms with E-state index in [-0.39, 0.29) is 61.2 Å². The summed E-state index contributed by atoms with van der Waals surface area (Å²) < 4.78 is 130. The molecule has 0 aromatic heterocycles. The molecule has 6 aromatic rings. The second kappa shape index (κ2) is 31.7. The predicted octanol–water partition coefficient (Wildman–Crippen LogP) is 15.9. The molecular formula is C77H82F9N9O11. The zero-order valence-corrected chi connectivity index (χ0v) is 59.1. The molecule has 0 unspecified atom stereocenters. The number of aliphatic hydroxyl groups is 3. The third-order valence-electron chi connectivity index (χ3n) is 18.6. The number of amides is 9. The lowest BCUT2D eigenvalue weighted by atomic mass is 9.71. The maximum atomic E-state index is 13.3. The molecular weight excluding hydrogens is 1400 g/mol. The largest absolute Gasteiger partial charge is 0.493 e. The average molecular weight is 1480 g/mol. The number of benzene rings is 6. The van der Waals surface area contributed by atoms with Gasteiger partial charge in [0.25, 0.3) is 0 Å². The van der Waals surface area contributed by atoms with Crippen LogP contribution in [0.25, 0.3) is 16.7 Å². The second-order valence-corrected chi connectivity index (χ2v) is 28.0. The fourth-order valence-corrected chi connectivity index (χ4v) is 13.4. The van der Waals surface area contributed by atoms with Gasteiger partial charge in [-0.2, -0.15) is 39.5 Å². The second-order valence-electron chi connectivity index (χ2n) is 28.0. The SMILES string of the molecule is CCC1(CC)C/C(=C\C(=O)Nc2ccc3c(c2)NC(=O)N(C[C@H](C)O)C3)c2ccc(C(F)(F)F)cc2O1.C[C@H](O)CN1Cc2ccc(NC(=O)/C=C3\CC(C)(C)Cc4cc(C(F)(F)F)ccc43)cc2NC1=O.C[C@H](O)CN1Cc2ccc(NC(=O)/C=C3\CCCOc4cc(C(F)(F)F)ccc43)cc2NC1=O. The van der Waals surface area contributed by atoms with E-state index in [9.17, 15) is 83.6 Å². The smallest absolute Gasteiger partial charge is 0.416 e. The van der Waals surface area contributed by atoms with Crippen LogP contribution in [0.5, 0.6) is 11.5 Å². The molecule has 5 aliphatic heterocycles. The van der Waals surface area contributed by atoms with Crippen molar-refractivity contribution in [3.8, 4) is 11.5 Å². The average Bonchev–Trinajstić information content (AvgIpc) is 0.871. The van der Waals surface area contributed by atoms with E-state index < -0.39 is 76.9 Å². The molecule has 0 radical (unpaired) electrons. The van der Waals surface area contributed by atoms with Crippen molar-refractivity contribution in [3.05, 3.63) is 183 Å². The molecule has 0 saturated heterocycles. The Bertz CT molecular complexity index is 4470. The number of nitrogens with one attached hydrogen (secondary N) is 6. The molecule has 0 fully saturated rings. The molecule has 20 nitrogen and oxygen atoms in total. The Morgan fingerprint density at radius 3 is 1.25 bits per heavy atom. The molecule has 9 N–H and O–H groups in total. The molecule has 5 heterocycles. The van der Waals surface area contributed by atoms with Crippen LogP contribution in [0.15, 0.2) is 127 Å². The van der Waals surface area contributed by atoms with Crippen molar-refractivity contribution in [2.75, 3.05) is 58.1 Å². The third kappa shape index (κ3) is 19.6. The first-order chi connectivity index (χ1) is 49.8. The lowest BCUT2D eigenvalue weighted by Gasteiger charge is -2.39. The van der Waals surface area contributed by atoms with Crippen molar-refractivity contribution < 1.29 is 93.1 Å². The predicted molar refractivity (Wildman–Crippen MR) is 382 cm³/mol. The van der Waals surface area contributed by atoms with Crippen molar-refractivity contribution in [2.24, 2.45) is 5.41 Å². The molecule has 6 aromatic carbocycles. The van der Waals surface area contributed by atoms with Crippen LogP contribution in [0, 0.1) is 5.41 Å². The minimum Gasteiger partial charge on any atom is -0.493 e. The first-order valence-corrected chi connectivity index (χ1v) is 34.4. The summed E-state index contributed by atoms with van der Waals surface area (Å²) in [4.78, 5) is 79.9. The fraction of sp³-hybridized carbons (Fsp3) is 0.377. The molecule has 12 rings (SSSR count). The van der Waals surface area contributed by atoms with Gasteiger partial charge in [0.15, 0.2) is 0 Å². The van der Waals surface area contributed by atoms with Crippen LogP contribution < -0.4 is 41.4 Å². The highest BCUT2D eigenvalue weighted by molar-refractivity contribution is 6.07. The van der Waals surface area contributed by atoms with Gasteiger partial charge in [-0.15, -0.1) is 0 Å². The van der Waals surface area contributed by atoms with E-state index in [1.54, 1.807) is 75.4 Å². The number of anilines is 6. The van der Waals surface area contributed by atoms with Gasteiger partial charge in [-0.3, -0.25) is 14.4 Å². The molecule has 0 bridgehead atoms. The van der Waals surface area contributed by atoms with Gasteiger partial charge in [0.1, 0.15) is 17.1 Å². The monoisotopic (exact) mass is 1480 g/mol. The van der Waals surface area contributed by atoms with E-state index in [1.807, 2.05) is 27.7 Å². The Morgan fingerprint density at radius 2 is 0.858 bits per heavy atom. The summed E-state index contributed by atoms with van der Waals surface area (Å²) in [7, 11) is 0. The number of β-amino-alcohol motifs (C(OH)–C–C–N with tert-alkyl or cyclic N) is 3. The number of ether oxygens (including phenoxy) is 2. The lowest BCUT2D eigenvalue weighted by Crippen LogP contribution is -2.42. The van der Waals surface area contributed by atoms with E-state index in [1.165, 1.54) is 57.2 Å². The maximum Gasteiger partial charge on any atom is 0.416 e. The van der Waals surface area contributed by atoms with E-state index in [0.29, 0.717) is 138 Å². The number of urea groups is 3. The van der Waals surface area contributed by atoms with Gasteiger partial charge in [0.2, 0.25) is 17.7 Å². The zero-order chi connectivity index (χ0) is 77.0. The van der Waals surface area contributed by atoms with Crippen molar-refractivity contribution in [1.29, 1.82) is 0 Å². The normalized spacial score (nSPS) is 18.4. The lowest BCUT2D eigenvalue weighted by molar-refractivity contribution is -0.138. The van der Waals surface area contributed by atoms with Crippen LogP contribution in [0.1, 0.15) is 143 Å². The first-order valence-electron chi connectivity index (χ1n) is 34.4. The Labute approximate surface area is 605 Å². The van der Waals surface area contributed by atoms with Gasteiger partial charge < -0.3 is 71.4 Å². The van der Waals surface area contributed by atoms with E-state index in [2.05, 4.69) is 31.9 Å². The van der Waals surface area contributed by atoms with Crippen molar-refractivity contribution in [1.82, 2.24) is 14.7 Å². The van der Waals surface area contributed by atoms with Crippen molar-refractivity contribution >= 4 is 86.7 Å². The van der Waals surface area contributed by atoms with Crippen LogP contribution >= 0.6 is 0 Å². The number of halogens is 9. The van der Waals surface area contributed by atoms with Gasteiger partial charge in [0, 0.05) is 109 Å². The van der Waals surface area contributed by atoms with Gasteiger partial charge >= 0.3 is 36.6 Å². The van der Waals surface area contributed by atoms with Crippen LogP contribution in [-0.2, 0) is 59.0 Å². The highest BCUT2D eigenvalue weighted by atomic mass is 19.4. The topological polar surface area (TPSA) is 263 Å². The number of rotatable bonds is 14. The molecule has 29 heteroatoms. The highest BCUT2D eigenvalue weighted by Crippen LogP contribution is 2.47. The molecule has 106 heavy (non-hydrogen) atoms. The molecule has 564 valence electrons. The number of hydrogen-bond acceptors (Lipinski definition) is 11. The van der Waals surface area contributed by atoms with Crippen LogP contribution in [0.4, 0.5) is 88.0 Å². The molecule has 1 aliphatic carbocycles. The van der Waals surface area contributed by atoms with E-state index in [0.717, 1.165) is 47.0 Å². The van der Waals surface area contributed by atoms with Crippen LogP contribution in [0.3, 0.4) is 0 Å². The first kappa shape index (κ1) is 78.2. The van der Waals surface area contributed by atoms with E-state index in [4.69, 9.17) is 9.47 Å². The summed E-state index contributed by atoms with van der Waals surface area (Å²) in [5, 5.41) is 45.3. The summed E-state index contributed by atoms with van der Waals surface area (Å²) in [5.74, 6) is -1.07. The summed E-state index contributed by atoms with van der Waals surface area (Å²) in [6.07, 6.45) is -7.59. The maximum absolute atomic E-state index is 13.3. The minimum absolute atomic E-state index is 0.101. The minimum atomic E-state index is -4.51. The number of aliphatic hydroxyl groups excluding tert-OH is 3. The molecule has 0 spiro atoms. The zero-order valence-electron chi connectivity index (χ0n) is 59.1. The number of alkyl halides is 9. The van der Waals surface area contributed by atoms with E-state index >= 15 is 0 Å². The molecule has 6 aliphatic rings. The number of hydrogen-bond donors (Lipinski definition) is 9. The van der Waals surface area contributed by atoms with Gasteiger partial charge in [-0.05, 0) is 182 Å². The Morgan fingerprint density at radius 1 is 0.491 bits per heavy atom. The van der Waals surface area contributed by atoms with Crippen LogP contribution in [0.2, 0.25) is 0 Å². The standard InChI is InChI=1S/C27H30F3N3O4.C26H28F3N3O3.C24H24F3N3O4/c1-4-26(5-2)13-18(21-9-7-19(27(28,29)30)11-23(21)37-26)10-24(35)31-20-8-6-17-15-33(14-16(3)34)25(36)32-22(17)12-20;1-15(33)13-32-14-16-4-6-20(10-22(16)31-24(32)35)30-23(34)9-18-12-25(2,3)11-17-8-19(26(27,28)29)5-7-21(17)18;1-14(31)12-30-13-16-4-6-18(11-20(16)29-23(30)33)28-22(32)9-15-3-2-8-34-21-10-17(24(25,26)27)5-7-19(15)21/h6-12,16,34H,4-5,13-15H2,1-3H3,(H,31,35)(H,32,36);4-10,15,33H,11-14H2,1-3H3,(H,30,34)(H,31,35);4-7,9-11,14,31H,2-3,8,12-13H2,1H3,(H,28,32)(H,29,33)/b18-10+;18-9+;15-9+/t16-;15-;14-/m000/s1. The summed E-state index contributed by atoms with van der Waals surface area (Å²) in [6.45, 7) is 14.4. The molecule has 3 atom stereocenters. The number of fused-ring (bicyclic) bond motifs is 6. The van der Waals surface area contributed by atoms with Crippen molar-refractivity contribution in [2.45, 2.75) is 155 Å². The Kier molecular flexibility index (Phi) is 23.4. The summed E-state index contributed by atoms with van der Waals surface area (Å²) in [5.41, 5.74) is 6.32. The van der Waals surface area contributed by atoms with Crippen LogP contribution in [-0.4, -0.2) is 116 Å². The highest BCUT2D eigenvalue weighted by Gasteiger charge is 2.40. The Balaban J connectivity index is 0.000000170. The molecule has 0 saturated carbocycles. The number of nitrogens with zero attached hydrogens (tertiary/aromatic N) is 3. The third-order valence-corrected chi connectivity index (χ3v) is 18.6. The van der Waals surface area contributed by atoms with Gasteiger partial charge in [-0.1, -0.05) is 64.1 Å². The quantitative estimate of drug-likeness (QED) is 0.0366.